The Balaban J connectivity index is 3.21. The van der Waals surface area contributed by atoms with Crippen LogP contribution in [-0.2, 0) is 6.54 Å². The lowest BCUT2D eigenvalue weighted by atomic mass is 10.1. The first-order chi connectivity index (χ1) is 6.97. The third-order valence-corrected chi connectivity index (χ3v) is 2.41. The Morgan fingerprint density at radius 1 is 1.53 bits per heavy atom. The maximum atomic E-state index is 9.73. The summed E-state index contributed by atoms with van der Waals surface area (Å²) >= 11 is 5.91. The van der Waals surface area contributed by atoms with Gasteiger partial charge in [0.2, 0.25) is 0 Å². The average molecular weight is 232 g/mol. The van der Waals surface area contributed by atoms with Gasteiger partial charge in [-0.15, -0.1) is 0 Å². The van der Waals surface area contributed by atoms with E-state index in [1.54, 1.807) is 6.07 Å². The van der Waals surface area contributed by atoms with Crippen molar-refractivity contribution in [3.05, 3.63) is 22.2 Å². The van der Waals surface area contributed by atoms with Crippen LogP contribution in [0.1, 0.15) is 11.1 Å². The van der Waals surface area contributed by atoms with Crippen LogP contribution in [0.15, 0.2) is 6.07 Å². The van der Waals surface area contributed by atoms with Crippen LogP contribution in [0.4, 0.5) is 0 Å². The summed E-state index contributed by atoms with van der Waals surface area (Å²) in [5.74, 6) is 0.401. The van der Waals surface area contributed by atoms with Gasteiger partial charge in [-0.25, -0.2) is 0 Å². The van der Waals surface area contributed by atoms with E-state index in [-0.39, 0.29) is 17.3 Å². The third kappa shape index (κ3) is 2.53. The second kappa shape index (κ2) is 4.70. The molecule has 0 aliphatic heterocycles. The lowest BCUT2D eigenvalue weighted by Crippen LogP contribution is -2.12. The molecule has 0 unspecified atom stereocenters. The fraction of sp³-hybridized carbons (Fsp3) is 0.400. The number of benzene rings is 1. The van der Waals surface area contributed by atoms with Gasteiger partial charge in [0.25, 0.3) is 0 Å². The van der Waals surface area contributed by atoms with Crippen molar-refractivity contribution >= 4 is 11.6 Å². The van der Waals surface area contributed by atoms with E-state index in [1.807, 2.05) is 6.92 Å². The molecule has 0 aliphatic rings. The first-order valence-corrected chi connectivity index (χ1v) is 4.80. The van der Waals surface area contributed by atoms with Crippen molar-refractivity contribution in [2.45, 2.75) is 13.5 Å². The van der Waals surface area contributed by atoms with Gasteiger partial charge in [0.05, 0.1) is 13.7 Å². The molecular weight excluding hydrogens is 218 g/mol. The minimum absolute atomic E-state index is 0.0555. The summed E-state index contributed by atoms with van der Waals surface area (Å²) in [7, 11) is 2.98. The number of phenols is 1. The molecule has 0 aromatic heterocycles. The average Bonchev–Trinajstić information content (AvgIpc) is 2.14. The lowest BCUT2D eigenvalue weighted by Gasteiger charge is -2.14. The van der Waals surface area contributed by atoms with E-state index >= 15 is 0 Å². The molecule has 0 heterocycles. The van der Waals surface area contributed by atoms with E-state index in [9.17, 15) is 5.11 Å². The molecule has 0 saturated carbocycles. The second-order valence-corrected chi connectivity index (χ2v) is 3.74. The van der Waals surface area contributed by atoms with Gasteiger partial charge in [-0.2, -0.15) is 5.06 Å². The Hall–Kier alpha value is -0.970. The summed E-state index contributed by atoms with van der Waals surface area (Å²) in [4.78, 5) is 0. The molecule has 1 rings (SSSR count). The lowest BCUT2D eigenvalue weighted by molar-refractivity contribution is -0.0735. The van der Waals surface area contributed by atoms with Crippen LogP contribution in [0, 0.1) is 6.92 Å². The number of hydroxylamine groups is 2. The third-order valence-electron chi connectivity index (χ3n) is 2.06. The zero-order valence-corrected chi connectivity index (χ0v) is 9.67. The maximum absolute atomic E-state index is 9.73. The first kappa shape index (κ1) is 12.1. The van der Waals surface area contributed by atoms with Crippen molar-refractivity contribution in [1.29, 1.82) is 0 Å². The normalized spacial score (nSPS) is 10.8. The summed E-state index contributed by atoms with van der Waals surface area (Å²) in [6.45, 7) is 2.03. The molecule has 0 saturated heterocycles. The molecule has 0 fully saturated rings. The van der Waals surface area contributed by atoms with E-state index in [2.05, 4.69) is 0 Å². The van der Waals surface area contributed by atoms with Crippen molar-refractivity contribution in [2.24, 2.45) is 0 Å². The number of rotatable bonds is 3. The number of methoxy groups -OCH3 is 1. The van der Waals surface area contributed by atoms with Crippen LogP contribution in [0.2, 0.25) is 5.02 Å². The van der Waals surface area contributed by atoms with E-state index in [4.69, 9.17) is 21.5 Å². The van der Waals surface area contributed by atoms with Crippen molar-refractivity contribution in [3.63, 3.8) is 0 Å². The number of halogens is 1. The Bertz CT molecular complexity index is 366. The highest BCUT2D eigenvalue weighted by Gasteiger charge is 2.15. The Morgan fingerprint density at radius 2 is 2.13 bits per heavy atom. The molecule has 0 atom stereocenters. The van der Waals surface area contributed by atoms with E-state index in [0.29, 0.717) is 11.3 Å². The second-order valence-electron chi connectivity index (χ2n) is 3.36. The summed E-state index contributed by atoms with van der Waals surface area (Å²) in [5, 5.41) is 20.0. The molecule has 1 aromatic rings. The summed E-state index contributed by atoms with van der Waals surface area (Å²) in [6, 6.07) is 1.73. The van der Waals surface area contributed by atoms with Crippen molar-refractivity contribution < 1.29 is 15.1 Å². The standard InChI is InChI=1S/C10H14ClNO3/c1-6-4-7(5-12(2)14)9(13)8(11)10(6)15-3/h4,13-14H,5H2,1-3H3. The van der Waals surface area contributed by atoms with Crippen molar-refractivity contribution in [3.8, 4) is 11.5 Å². The van der Waals surface area contributed by atoms with Crippen LogP contribution in [0.5, 0.6) is 11.5 Å². The molecule has 2 N–H and O–H groups in total. The number of hydrogen-bond donors (Lipinski definition) is 2. The molecule has 0 aliphatic carbocycles. The van der Waals surface area contributed by atoms with E-state index < -0.39 is 0 Å². The number of ether oxygens (including phenoxy) is 1. The quantitative estimate of drug-likeness (QED) is 0.783. The SMILES string of the molecule is COc1c(C)cc(CN(C)O)c(O)c1Cl. The summed E-state index contributed by atoms with van der Waals surface area (Å²) in [6.07, 6.45) is 0. The first-order valence-electron chi connectivity index (χ1n) is 4.42. The minimum Gasteiger partial charge on any atom is -0.506 e. The molecule has 5 heteroatoms. The number of phenolic OH excluding ortho intramolecular Hbond substituents is 1. The highest BCUT2D eigenvalue weighted by molar-refractivity contribution is 6.33. The predicted molar refractivity (Wildman–Crippen MR) is 57.7 cm³/mol. The van der Waals surface area contributed by atoms with Crippen LogP contribution in [0.3, 0.4) is 0 Å². The van der Waals surface area contributed by atoms with Gasteiger partial charge < -0.3 is 15.1 Å². The van der Waals surface area contributed by atoms with Crippen LogP contribution in [0.25, 0.3) is 0 Å². The number of aryl methyl sites for hydroxylation is 1. The van der Waals surface area contributed by atoms with Gasteiger partial charge in [-0.05, 0) is 18.6 Å². The monoisotopic (exact) mass is 231 g/mol. The van der Waals surface area contributed by atoms with E-state index in [0.717, 1.165) is 10.6 Å². The topological polar surface area (TPSA) is 52.9 Å². The van der Waals surface area contributed by atoms with Gasteiger partial charge in [0, 0.05) is 12.6 Å². The van der Waals surface area contributed by atoms with Gasteiger partial charge in [0.1, 0.15) is 16.5 Å². The van der Waals surface area contributed by atoms with Gasteiger partial charge in [-0.3, -0.25) is 0 Å². The Labute approximate surface area is 93.6 Å². The molecule has 4 nitrogen and oxygen atoms in total. The maximum Gasteiger partial charge on any atom is 0.144 e. The van der Waals surface area contributed by atoms with Crippen molar-refractivity contribution in [2.75, 3.05) is 14.2 Å². The predicted octanol–water partition coefficient (Wildman–Crippen LogP) is 2.18. The highest BCUT2D eigenvalue weighted by atomic mass is 35.5. The van der Waals surface area contributed by atoms with Crippen LogP contribution >= 0.6 is 11.6 Å². The number of hydrogen-bond acceptors (Lipinski definition) is 4. The van der Waals surface area contributed by atoms with Crippen LogP contribution in [-0.4, -0.2) is 29.5 Å². The molecule has 0 amide bonds. The largest absolute Gasteiger partial charge is 0.506 e. The van der Waals surface area contributed by atoms with Crippen LogP contribution < -0.4 is 4.74 Å². The molecular formula is C10H14ClNO3. The smallest absolute Gasteiger partial charge is 0.144 e. The molecule has 1 aromatic carbocycles. The zero-order valence-electron chi connectivity index (χ0n) is 8.91. The van der Waals surface area contributed by atoms with Gasteiger partial charge in [0.15, 0.2) is 0 Å². The summed E-state index contributed by atoms with van der Waals surface area (Å²) in [5.41, 5.74) is 1.38. The molecule has 0 bridgehead atoms. The van der Waals surface area contributed by atoms with Gasteiger partial charge >= 0.3 is 0 Å². The van der Waals surface area contributed by atoms with Crippen molar-refractivity contribution in [1.82, 2.24) is 5.06 Å². The zero-order chi connectivity index (χ0) is 11.6. The molecule has 15 heavy (non-hydrogen) atoms. The number of nitrogens with zero attached hydrogens (tertiary/aromatic N) is 1. The number of aromatic hydroxyl groups is 1. The summed E-state index contributed by atoms with van der Waals surface area (Å²) < 4.78 is 5.05. The van der Waals surface area contributed by atoms with E-state index in [1.165, 1.54) is 14.2 Å². The molecule has 0 spiro atoms. The molecule has 0 radical (unpaired) electrons. The van der Waals surface area contributed by atoms with Gasteiger partial charge in [-0.1, -0.05) is 11.6 Å². The Morgan fingerprint density at radius 3 is 2.60 bits per heavy atom. The fourth-order valence-corrected chi connectivity index (χ4v) is 1.78. The molecule has 84 valence electrons. The Kier molecular flexibility index (Phi) is 3.79. The highest BCUT2D eigenvalue weighted by Crippen LogP contribution is 2.39. The fourth-order valence-electron chi connectivity index (χ4n) is 1.43. The minimum atomic E-state index is -0.0555.